The summed E-state index contributed by atoms with van der Waals surface area (Å²) in [7, 11) is 0. The number of thioether (sulfide) groups is 1. The predicted molar refractivity (Wildman–Crippen MR) is 166 cm³/mol. The Kier molecular flexibility index (Phi) is 12.1. The lowest BCUT2D eigenvalue weighted by molar-refractivity contribution is -0.149. The van der Waals surface area contributed by atoms with E-state index in [1.54, 1.807) is 12.1 Å². The summed E-state index contributed by atoms with van der Waals surface area (Å²) >= 11 is 1.47. The average molecular weight is 599 g/mol. The van der Waals surface area contributed by atoms with Crippen LogP contribution in [0.1, 0.15) is 22.3 Å². The number of hydrogen-bond acceptors (Lipinski definition) is 7. The molecule has 2 atom stereocenters. The molecule has 0 radical (unpaired) electrons. The molecule has 4 aromatic rings. The Balaban J connectivity index is 1.45. The summed E-state index contributed by atoms with van der Waals surface area (Å²) in [5.41, 5.74) is 3.41. The van der Waals surface area contributed by atoms with Crippen LogP contribution in [-0.2, 0) is 44.5 Å². The van der Waals surface area contributed by atoms with E-state index >= 15 is 0 Å². The van der Waals surface area contributed by atoms with Gasteiger partial charge < -0.3 is 25.2 Å². The third-order valence-corrected chi connectivity index (χ3v) is 7.52. The SMILES string of the molecule is O=C(N[C@@H](CSCc1ccccc1)C(=O)N[C@H](Cc1ccc(O)cc1)C(=O)OCc1ccccc1)OCc1ccccc1. The van der Waals surface area contributed by atoms with Crippen LogP contribution in [0.25, 0.3) is 0 Å². The quantitative estimate of drug-likeness (QED) is 0.167. The smallest absolute Gasteiger partial charge is 0.408 e. The van der Waals surface area contributed by atoms with Gasteiger partial charge in [-0.05, 0) is 34.4 Å². The number of phenols is 1. The zero-order chi connectivity index (χ0) is 30.3. The molecule has 2 amide bonds. The van der Waals surface area contributed by atoms with Crippen LogP contribution in [0, 0.1) is 0 Å². The molecule has 9 heteroatoms. The summed E-state index contributed by atoms with van der Waals surface area (Å²) in [6, 6.07) is 32.6. The number of benzene rings is 4. The summed E-state index contributed by atoms with van der Waals surface area (Å²) in [6.45, 7) is 0.0928. The summed E-state index contributed by atoms with van der Waals surface area (Å²) < 4.78 is 10.9. The van der Waals surface area contributed by atoms with Crippen molar-refractivity contribution < 1.29 is 29.0 Å². The normalized spacial score (nSPS) is 12.0. The van der Waals surface area contributed by atoms with Gasteiger partial charge in [-0.15, -0.1) is 0 Å². The molecular formula is C34H34N2O6S. The molecule has 0 saturated carbocycles. The molecule has 0 spiro atoms. The zero-order valence-corrected chi connectivity index (χ0v) is 24.4. The van der Waals surface area contributed by atoms with Crippen LogP contribution in [0.3, 0.4) is 0 Å². The van der Waals surface area contributed by atoms with Gasteiger partial charge in [-0.1, -0.05) is 103 Å². The topological polar surface area (TPSA) is 114 Å². The first-order valence-electron chi connectivity index (χ1n) is 13.8. The van der Waals surface area contributed by atoms with Crippen molar-refractivity contribution in [3.63, 3.8) is 0 Å². The van der Waals surface area contributed by atoms with E-state index in [9.17, 15) is 19.5 Å². The van der Waals surface area contributed by atoms with Crippen LogP contribution in [0.15, 0.2) is 115 Å². The molecule has 8 nitrogen and oxygen atoms in total. The number of ether oxygens (including phenoxy) is 2. The second kappa shape index (κ2) is 16.6. The minimum Gasteiger partial charge on any atom is -0.508 e. The van der Waals surface area contributed by atoms with Crippen LogP contribution in [0.5, 0.6) is 5.75 Å². The van der Waals surface area contributed by atoms with Gasteiger partial charge >= 0.3 is 12.1 Å². The van der Waals surface area contributed by atoms with Gasteiger partial charge in [-0.25, -0.2) is 9.59 Å². The lowest BCUT2D eigenvalue weighted by atomic mass is 10.1. The van der Waals surface area contributed by atoms with Gasteiger partial charge in [0, 0.05) is 17.9 Å². The fraction of sp³-hybridized carbons (Fsp3) is 0.206. The van der Waals surface area contributed by atoms with E-state index in [2.05, 4.69) is 10.6 Å². The van der Waals surface area contributed by atoms with E-state index in [0.717, 1.165) is 16.7 Å². The number of esters is 1. The first-order chi connectivity index (χ1) is 21.0. The molecule has 0 unspecified atom stereocenters. The molecular weight excluding hydrogens is 564 g/mol. The molecule has 0 heterocycles. The molecule has 43 heavy (non-hydrogen) atoms. The highest BCUT2D eigenvalue weighted by Crippen LogP contribution is 2.15. The molecule has 0 bridgehead atoms. The fourth-order valence-corrected chi connectivity index (χ4v) is 5.14. The van der Waals surface area contributed by atoms with Crippen LogP contribution in [0.2, 0.25) is 0 Å². The maximum atomic E-state index is 13.6. The number of carbonyl (C=O) groups is 3. The number of rotatable bonds is 14. The molecule has 0 saturated heterocycles. The number of phenolic OH excluding ortho intramolecular Hbond substituents is 1. The van der Waals surface area contributed by atoms with Crippen molar-refractivity contribution in [1.82, 2.24) is 10.6 Å². The number of amides is 2. The number of hydrogen-bond donors (Lipinski definition) is 3. The van der Waals surface area contributed by atoms with Gasteiger partial charge in [0.25, 0.3) is 0 Å². The molecule has 0 aromatic heterocycles. The number of carbonyl (C=O) groups excluding carboxylic acids is 3. The van der Waals surface area contributed by atoms with E-state index in [4.69, 9.17) is 9.47 Å². The lowest BCUT2D eigenvalue weighted by Crippen LogP contribution is -2.53. The van der Waals surface area contributed by atoms with Crippen molar-refractivity contribution in [3.05, 3.63) is 138 Å². The van der Waals surface area contributed by atoms with Crippen LogP contribution in [0.4, 0.5) is 4.79 Å². The average Bonchev–Trinajstić information content (AvgIpc) is 3.04. The van der Waals surface area contributed by atoms with Gasteiger partial charge in [-0.3, -0.25) is 4.79 Å². The Labute approximate surface area is 255 Å². The highest BCUT2D eigenvalue weighted by atomic mass is 32.2. The van der Waals surface area contributed by atoms with Gasteiger partial charge in [0.2, 0.25) is 5.91 Å². The van der Waals surface area contributed by atoms with Crippen molar-refractivity contribution in [3.8, 4) is 5.75 Å². The number of nitrogens with one attached hydrogen (secondary N) is 2. The van der Waals surface area contributed by atoms with Crippen molar-refractivity contribution in [1.29, 1.82) is 0 Å². The summed E-state index contributed by atoms with van der Waals surface area (Å²) in [5.74, 6) is -0.205. The molecule has 4 rings (SSSR count). The first kappa shape index (κ1) is 31.2. The van der Waals surface area contributed by atoms with Gasteiger partial charge in [0.1, 0.15) is 31.0 Å². The minimum atomic E-state index is -1.04. The van der Waals surface area contributed by atoms with E-state index in [-0.39, 0.29) is 31.1 Å². The summed E-state index contributed by atoms with van der Waals surface area (Å²) in [5, 5.41) is 15.1. The highest BCUT2D eigenvalue weighted by molar-refractivity contribution is 7.98. The molecule has 0 fully saturated rings. The van der Waals surface area contributed by atoms with E-state index in [1.807, 2.05) is 91.0 Å². The van der Waals surface area contributed by atoms with E-state index < -0.39 is 30.1 Å². The minimum absolute atomic E-state index is 0.0437. The van der Waals surface area contributed by atoms with E-state index in [1.165, 1.54) is 23.9 Å². The highest BCUT2D eigenvalue weighted by Gasteiger charge is 2.28. The van der Waals surface area contributed by atoms with Crippen LogP contribution < -0.4 is 10.6 Å². The van der Waals surface area contributed by atoms with Gasteiger partial charge in [0.15, 0.2) is 0 Å². The third-order valence-electron chi connectivity index (χ3n) is 6.42. The van der Waals surface area contributed by atoms with Crippen molar-refractivity contribution in [2.24, 2.45) is 0 Å². The van der Waals surface area contributed by atoms with Crippen LogP contribution >= 0.6 is 11.8 Å². The summed E-state index contributed by atoms with van der Waals surface area (Å²) in [4.78, 5) is 39.5. The Morgan fingerprint density at radius 1 is 0.628 bits per heavy atom. The maximum absolute atomic E-state index is 13.6. The standard InChI is InChI=1S/C34H34N2O6S/c37-29-18-16-25(17-19-29)20-30(33(39)41-21-26-10-4-1-5-11-26)35-32(38)31(24-43-23-28-14-8-3-9-15-28)36-34(40)42-22-27-12-6-2-7-13-27/h1-19,30-31,37H,20-24H2,(H,35,38)(H,36,40)/t30-,31+/m1/s1. The number of aromatic hydroxyl groups is 1. The molecule has 222 valence electrons. The zero-order valence-electron chi connectivity index (χ0n) is 23.6. The first-order valence-corrected chi connectivity index (χ1v) is 15.0. The maximum Gasteiger partial charge on any atom is 0.408 e. The lowest BCUT2D eigenvalue weighted by Gasteiger charge is -2.23. The predicted octanol–water partition coefficient (Wildman–Crippen LogP) is 5.39. The van der Waals surface area contributed by atoms with Crippen molar-refractivity contribution in [2.45, 2.75) is 37.5 Å². The van der Waals surface area contributed by atoms with E-state index in [0.29, 0.717) is 11.3 Å². The molecule has 4 aromatic carbocycles. The Morgan fingerprint density at radius 3 is 1.74 bits per heavy atom. The fourth-order valence-electron chi connectivity index (χ4n) is 4.12. The third kappa shape index (κ3) is 10.9. The van der Waals surface area contributed by atoms with Crippen molar-refractivity contribution in [2.75, 3.05) is 5.75 Å². The molecule has 0 aliphatic heterocycles. The summed E-state index contributed by atoms with van der Waals surface area (Å²) in [6.07, 6.45) is -0.617. The Hall–Kier alpha value is -4.76. The largest absolute Gasteiger partial charge is 0.508 e. The van der Waals surface area contributed by atoms with Gasteiger partial charge in [-0.2, -0.15) is 11.8 Å². The second-order valence-corrected chi connectivity index (χ2v) is 10.8. The van der Waals surface area contributed by atoms with Gasteiger partial charge in [0.05, 0.1) is 0 Å². The second-order valence-electron chi connectivity index (χ2n) is 9.78. The van der Waals surface area contributed by atoms with Crippen molar-refractivity contribution >= 4 is 29.7 Å². The Morgan fingerprint density at radius 2 is 1.16 bits per heavy atom. The van der Waals surface area contributed by atoms with Crippen LogP contribution in [-0.4, -0.2) is 40.9 Å². The molecule has 0 aliphatic rings. The monoisotopic (exact) mass is 598 g/mol. The molecule has 0 aliphatic carbocycles. The number of alkyl carbamates (subject to hydrolysis) is 1. The molecule has 3 N–H and O–H groups in total. The Bertz CT molecular complexity index is 1440.